The minimum absolute atomic E-state index is 0.0784. The number of likely N-dealkylation sites (tertiary alicyclic amines) is 1. The van der Waals surface area contributed by atoms with Crippen LogP contribution in [0.1, 0.15) is 36.5 Å². The number of pyridine rings is 1. The van der Waals surface area contributed by atoms with Crippen LogP contribution < -0.4 is 0 Å². The molecule has 0 N–H and O–H groups in total. The number of nitrogens with zero attached hydrogens (tertiary/aromatic N) is 2. The van der Waals surface area contributed by atoms with E-state index in [9.17, 15) is 4.79 Å². The zero-order chi connectivity index (χ0) is 18.0. The average Bonchev–Trinajstić information content (AvgIpc) is 2.71. The molecule has 2 atom stereocenters. The summed E-state index contributed by atoms with van der Waals surface area (Å²) < 4.78 is 11.9. The first-order chi connectivity index (χ1) is 12.7. The van der Waals surface area contributed by atoms with Crippen LogP contribution in [0.3, 0.4) is 0 Å². The lowest BCUT2D eigenvalue weighted by atomic mass is 9.73. The summed E-state index contributed by atoms with van der Waals surface area (Å²) in [4.78, 5) is 19.7. The third-order valence-electron chi connectivity index (χ3n) is 5.75. The van der Waals surface area contributed by atoms with E-state index in [-0.39, 0.29) is 17.4 Å². The second kappa shape index (κ2) is 7.33. The fourth-order valence-corrected chi connectivity index (χ4v) is 4.43. The smallest absolute Gasteiger partial charge is 0.254 e. The summed E-state index contributed by atoms with van der Waals surface area (Å²) in [7, 11) is 0. The largest absolute Gasteiger partial charge is 0.381 e. The van der Waals surface area contributed by atoms with Crippen LogP contribution in [0.25, 0.3) is 10.9 Å². The number of fused-ring (bicyclic) bond motifs is 2. The molecule has 2 aliphatic heterocycles. The first kappa shape index (κ1) is 17.4. The molecule has 0 saturated carbocycles. The first-order valence-corrected chi connectivity index (χ1v) is 9.56. The van der Waals surface area contributed by atoms with Gasteiger partial charge in [-0.2, -0.15) is 0 Å². The van der Waals surface area contributed by atoms with Crippen LogP contribution in [0.4, 0.5) is 0 Å². The zero-order valence-corrected chi connectivity index (χ0v) is 15.3. The number of amides is 1. The van der Waals surface area contributed by atoms with Gasteiger partial charge in [0.25, 0.3) is 5.91 Å². The minimum Gasteiger partial charge on any atom is -0.381 e. The van der Waals surface area contributed by atoms with Crippen LogP contribution >= 0.6 is 0 Å². The molecular weight excluding hydrogens is 328 g/mol. The van der Waals surface area contributed by atoms with Crippen molar-refractivity contribution >= 4 is 16.8 Å². The maximum Gasteiger partial charge on any atom is 0.254 e. The van der Waals surface area contributed by atoms with Crippen LogP contribution in [-0.2, 0) is 9.47 Å². The Balaban J connectivity index is 1.62. The van der Waals surface area contributed by atoms with E-state index in [1.807, 2.05) is 42.2 Å². The van der Waals surface area contributed by atoms with Crippen LogP contribution in [0.15, 0.2) is 36.5 Å². The highest BCUT2D eigenvalue weighted by molar-refractivity contribution is 6.06. The van der Waals surface area contributed by atoms with Crippen molar-refractivity contribution in [2.75, 3.05) is 32.9 Å². The van der Waals surface area contributed by atoms with Gasteiger partial charge in [-0.1, -0.05) is 18.2 Å². The molecule has 0 spiro atoms. The summed E-state index contributed by atoms with van der Waals surface area (Å²) in [5.41, 5.74) is 1.51. The minimum atomic E-state index is -0.0784. The standard InChI is InChI=1S/C21H26N2O3/c1-2-25-15-21-10-5-13-26-19(21)9-12-23(14-21)20(24)17-8-11-22-18-7-4-3-6-16(17)18/h3-4,6-8,11,19H,2,5,9-10,12-15H2,1H3/t19-,21-/m1/s1. The molecule has 2 fully saturated rings. The second-order valence-corrected chi connectivity index (χ2v) is 7.35. The van der Waals surface area contributed by atoms with Gasteiger partial charge in [-0.15, -0.1) is 0 Å². The Hall–Kier alpha value is -1.98. The SMILES string of the molecule is CCOC[C@]12CCCO[C@@H]1CCN(C(=O)c1ccnc3ccccc13)C2. The second-order valence-electron chi connectivity index (χ2n) is 7.35. The van der Waals surface area contributed by atoms with E-state index < -0.39 is 0 Å². The monoisotopic (exact) mass is 354 g/mol. The fraction of sp³-hybridized carbons (Fsp3) is 0.524. The number of piperidine rings is 1. The molecule has 2 aliphatic rings. The van der Waals surface area contributed by atoms with Gasteiger partial charge in [0.05, 0.1) is 23.8 Å². The van der Waals surface area contributed by atoms with Crippen LogP contribution in [0.5, 0.6) is 0 Å². The Bertz CT molecular complexity index is 788. The van der Waals surface area contributed by atoms with E-state index in [2.05, 4.69) is 4.98 Å². The van der Waals surface area contributed by atoms with Crippen molar-refractivity contribution in [1.29, 1.82) is 0 Å². The topological polar surface area (TPSA) is 51.7 Å². The quantitative estimate of drug-likeness (QED) is 0.845. The molecule has 3 heterocycles. The van der Waals surface area contributed by atoms with Gasteiger partial charge < -0.3 is 14.4 Å². The normalized spacial score (nSPS) is 25.9. The highest BCUT2D eigenvalue weighted by atomic mass is 16.5. The van der Waals surface area contributed by atoms with Crippen molar-refractivity contribution in [3.05, 3.63) is 42.1 Å². The van der Waals surface area contributed by atoms with E-state index in [1.54, 1.807) is 6.20 Å². The van der Waals surface area contributed by atoms with E-state index in [1.165, 1.54) is 0 Å². The molecule has 138 valence electrons. The molecule has 1 amide bonds. The summed E-state index contributed by atoms with van der Waals surface area (Å²) >= 11 is 0. The Morgan fingerprint density at radius 3 is 3.15 bits per heavy atom. The lowest BCUT2D eigenvalue weighted by molar-refractivity contribution is -0.146. The van der Waals surface area contributed by atoms with Gasteiger partial charge in [0.2, 0.25) is 0 Å². The average molecular weight is 354 g/mol. The number of para-hydroxylation sites is 1. The van der Waals surface area contributed by atoms with Crippen molar-refractivity contribution in [3.8, 4) is 0 Å². The van der Waals surface area contributed by atoms with Gasteiger partial charge in [-0.25, -0.2) is 0 Å². The summed E-state index contributed by atoms with van der Waals surface area (Å²) in [5.74, 6) is 0.0866. The van der Waals surface area contributed by atoms with E-state index in [0.29, 0.717) is 19.8 Å². The summed E-state index contributed by atoms with van der Waals surface area (Å²) in [5, 5.41) is 0.917. The third-order valence-corrected chi connectivity index (χ3v) is 5.75. The van der Waals surface area contributed by atoms with Gasteiger partial charge in [-0.05, 0) is 38.3 Å². The highest BCUT2D eigenvalue weighted by Gasteiger charge is 2.47. The maximum atomic E-state index is 13.3. The molecule has 0 unspecified atom stereocenters. The van der Waals surface area contributed by atoms with Crippen molar-refractivity contribution in [3.63, 3.8) is 0 Å². The molecule has 2 aromatic rings. The third kappa shape index (κ3) is 3.10. The number of aromatic nitrogens is 1. The van der Waals surface area contributed by atoms with Crippen LogP contribution in [0.2, 0.25) is 0 Å². The van der Waals surface area contributed by atoms with Crippen molar-refractivity contribution in [2.24, 2.45) is 5.41 Å². The Morgan fingerprint density at radius 1 is 1.38 bits per heavy atom. The zero-order valence-electron chi connectivity index (χ0n) is 15.3. The van der Waals surface area contributed by atoms with Gasteiger partial charge in [-0.3, -0.25) is 9.78 Å². The number of ether oxygens (including phenoxy) is 2. The predicted octanol–water partition coefficient (Wildman–Crippen LogP) is 3.28. The van der Waals surface area contributed by atoms with Gasteiger partial charge in [0.1, 0.15) is 0 Å². The van der Waals surface area contributed by atoms with Gasteiger partial charge in [0, 0.05) is 43.3 Å². The number of hydrogen-bond donors (Lipinski definition) is 0. The highest BCUT2D eigenvalue weighted by Crippen LogP contribution is 2.41. The van der Waals surface area contributed by atoms with Gasteiger partial charge >= 0.3 is 0 Å². The maximum absolute atomic E-state index is 13.3. The molecule has 0 radical (unpaired) electrons. The van der Waals surface area contributed by atoms with E-state index >= 15 is 0 Å². The summed E-state index contributed by atoms with van der Waals surface area (Å²) in [6.45, 7) is 5.62. The van der Waals surface area contributed by atoms with Gasteiger partial charge in [0.15, 0.2) is 0 Å². The van der Waals surface area contributed by atoms with Crippen molar-refractivity contribution in [2.45, 2.75) is 32.3 Å². The fourth-order valence-electron chi connectivity index (χ4n) is 4.43. The van der Waals surface area contributed by atoms with Crippen molar-refractivity contribution < 1.29 is 14.3 Å². The van der Waals surface area contributed by atoms with Crippen molar-refractivity contribution in [1.82, 2.24) is 9.88 Å². The number of carbonyl (C=O) groups is 1. The van der Waals surface area contributed by atoms with E-state index in [4.69, 9.17) is 9.47 Å². The molecule has 4 rings (SSSR count). The Labute approximate surface area is 154 Å². The van der Waals surface area contributed by atoms with Crippen LogP contribution in [-0.4, -0.2) is 54.8 Å². The Kier molecular flexibility index (Phi) is 4.92. The number of carbonyl (C=O) groups excluding carboxylic acids is 1. The molecule has 1 aromatic carbocycles. The lowest BCUT2D eigenvalue weighted by Gasteiger charge is -2.50. The Morgan fingerprint density at radius 2 is 2.27 bits per heavy atom. The lowest BCUT2D eigenvalue weighted by Crippen LogP contribution is -2.58. The molecule has 0 aliphatic carbocycles. The molecule has 5 heteroatoms. The van der Waals surface area contributed by atoms with Crippen LogP contribution in [0, 0.1) is 5.41 Å². The predicted molar refractivity (Wildman–Crippen MR) is 100 cm³/mol. The van der Waals surface area contributed by atoms with E-state index in [0.717, 1.165) is 48.9 Å². The number of hydrogen-bond acceptors (Lipinski definition) is 4. The summed E-state index contributed by atoms with van der Waals surface area (Å²) in [6.07, 6.45) is 4.88. The first-order valence-electron chi connectivity index (χ1n) is 9.56. The molecule has 2 saturated heterocycles. The number of rotatable bonds is 4. The molecule has 5 nitrogen and oxygen atoms in total. The molecule has 26 heavy (non-hydrogen) atoms. The summed E-state index contributed by atoms with van der Waals surface area (Å²) in [6, 6.07) is 9.67. The number of benzene rings is 1. The molecule has 0 bridgehead atoms. The molecule has 1 aromatic heterocycles. The molecular formula is C21H26N2O3.